The minimum absolute atomic E-state index is 0.163. The zero-order valence-electron chi connectivity index (χ0n) is 10.9. The molecule has 0 aliphatic rings. The first kappa shape index (κ1) is 12.9. The molecule has 2 rings (SSSR count). The Morgan fingerprint density at radius 2 is 2.16 bits per heavy atom. The summed E-state index contributed by atoms with van der Waals surface area (Å²) in [6.45, 7) is 0.293. The Morgan fingerprint density at radius 1 is 1.47 bits per heavy atom. The van der Waals surface area contributed by atoms with Gasteiger partial charge in [0.05, 0.1) is 5.69 Å². The first-order chi connectivity index (χ1) is 8.99. The molecule has 1 heterocycles. The van der Waals surface area contributed by atoms with Gasteiger partial charge >= 0.3 is 0 Å². The van der Waals surface area contributed by atoms with Crippen molar-refractivity contribution >= 4 is 11.6 Å². The normalized spacial score (nSPS) is 10.4. The molecule has 1 amide bonds. The number of phenols is 1. The lowest BCUT2D eigenvalue weighted by atomic mass is 10.2. The molecule has 2 aromatic rings. The number of aromatic nitrogens is 2. The van der Waals surface area contributed by atoms with Crippen LogP contribution in [0.5, 0.6) is 5.75 Å². The maximum Gasteiger partial charge on any atom is 0.276 e. The monoisotopic (exact) mass is 260 g/mol. The van der Waals surface area contributed by atoms with E-state index in [9.17, 15) is 9.90 Å². The van der Waals surface area contributed by atoms with Gasteiger partial charge in [0.2, 0.25) is 0 Å². The standard InChI is InChI=1S/C13H16N4O2/c1-16(7-9-5-3-4-6-11(9)18)13(19)12-10(14)8-17(2)15-12/h3-6,8,18H,7,14H2,1-2H3. The molecule has 1 aromatic heterocycles. The quantitative estimate of drug-likeness (QED) is 0.861. The molecule has 0 aliphatic carbocycles. The molecule has 6 heteroatoms. The summed E-state index contributed by atoms with van der Waals surface area (Å²) in [6, 6.07) is 6.89. The van der Waals surface area contributed by atoms with Crippen molar-refractivity contribution in [3.05, 3.63) is 41.7 Å². The largest absolute Gasteiger partial charge is 0.508 e. The molecule has 0 radical (unpaired) electrons. The van der Waals surface area contributed by atoms with Crippen molar-refractivity contribution < 1.29 is 9.90 Å². The molecule has 3 N–H and O–H groups in total. The Balaban J connectivity index is 2.16. The molecule has 0 fully saturated rings. The van der Waals surface area contributed by atoms with E-state index in [0.717, 1.165) is 0 Å². The molecule has 1 aromatic carbocycles. The second-order valence-corrected chi connectivity index (χ2v) is 4.40. The number of nitrogens with zero attached hydrogens (tertiary/aromatic N) is 3. The zero-order chi connectivity index (χ0) is 14.0. The predicted octanol–water partition coefficient (Wildman–Crippen LogP) is 0.980. The van der Waals surface area contributed by atoms with Gasteiger partial charge in [-0.2, -0.15) is 5.10 Å². The predicted molar refractivity (Wildman–Crippen MR) is 71.5 cm³/mol. The number of carbonyl (C=O) groups excluding carboxylic acids is 1. The van der Waals surface area contributed by atoms with Crippen LogP contribution < -0.4 is 5.73 Å². The SMILES string of the molecule is CN(Cc1ccccc1O)C(=O)c1nn(C)cc1N. The van der Waals surface area contributed by atoms with Crippen LogP contribution in [-0.4, -0.2) is 32.7 Å². The minimum Gasteiger partial charge on any atom is -0.508 e. The van der Waals surface area contributed by atoms with E-state index in [1.54, 1.807) is 38.5 Å². The Bertz CT molecular complexity index is 606. The molecule has 0 atom stereocenters. The van der Waals surface area contributed by atoms with Gasteiger partial charge in [-0.05, 0) is 6.07 Å². The van der Waals surface area contributed by atoms with Crippen molar-refractivity contribution in [2.45, 2.75) is 6.54 Å². The van der Waals surface area contributed by atoms with E-state index in [2.05, 4.69) is 5.10 Å². The molecular weight excluding hydrogens is 244 g/mol. The molecule has 19 heavy (non-hydrogen) atoms. The van der Waals surface area contributed by atoms with E-state index in [1.807, 2.05) is 6.07 Å². The third-order valence-electron chi connectivity index (χ3n) is 2.81. The number of aryl methyl sites for hydroxylation is 1. The molecule has 6 nitrogen and oxygen atoms in total. The van der Waals surface area contributed by atoms with Crippen LogP contribution in [-0.2, 0) is 13.6 Å². The Morgan fingerprint density at radius 3 is 2.74 bits per heavy atom. The van der Waals surface area contributed by atoms with Gasteiger partial charge in [0.1, 0.15) is 5.75 Å². The van der Waals surface area contributed by atoms with E-state index >= 15 is 0 Å². The van der Waals surface area contributed by atoms with Crippen molar-refractivity contribution in [3.8, 4) is 5.75 Å². The van der Waals surface area contributed by atoms with Crippen molar-refractivity contribution in [2.24, 2.45) is 7.05 Å². The van der Waals surface area contributed by atoms with Crippen molar-refractivity contribution in [1.82, 2.24) is 14.7 Å². The van der Waals surface area contributed by atoms with Gasteiger partial charge in [-0.25, -0.2) is 0 Å². The van der Waals surface area contributed by atoms with E-state index in [0.29, 0.717) is 17.8 Å². The Labute approximate surface area is 111 Å². The fourth-order valence-electron chi connectivity index (χ4n) is 1.83. The molecule has 100 valence electrons. The smallest absolute Gasteiger partial charge is 0.276 e. The fraction of sp³-hybridized carbons (Fsp3) is 0.231. The Kier molecular flexibility index (Phi) is 3.41. The summed E-state index contributed by atoms with van der Waals surface area (Å²) in [4.78, 5) is 13.6. The van der Waals surface area contributed by atoms with E-state index in [1.165, 1.54) is 9.58 Å². The number of benzene rings is 1. The van der Waals surface area contributed by atoms with Gasteiger partial charge in [0.25, 0.3) is 5.91 Å². The van der Waals surface area contributed by atoms with Crippen LogP contribution in [0.25, 0.3) is 0 Å². The molecule has 0 saturated carbocycles. The van der Waals surface area contributed by atoms with Gasteiger partial charge in [0, 0.05) is 32.4 Å². The number of para-hydroxylation sites is 1. The number of amides is 1. The fourth-order valence-corrected chi connectivity index (χ4v) is 1.83. The summed E-state index contributed by atoms with van der Waals surface area (Å²) in [5.41, 5.74) is 6.96. The average molecular weight is 260 g/mol. The summed E-state index contributed by atoms with van der Waals surface area (Å²) in [7, 11) is 3.35. The molecular formula is C13H16N4O2. The van der Waals surface area contributed by atoms with E-state index < -0.39 is 0 Å². The lowest BCUT2D eigenvalue weighted by Gasteiger charge is -2.17. The second kappa shape index (κ2) is 5.01. The molecule has 0 bridgehead atoms. The van der Waals surface area contributed by atoms with Gasteiger partial charge in [-0.15, -0.1) is 0 Å². The van der Waals surface area contributed by atoms with Crippen LogP contribution in [0.4, 0.5) is 5.69 Å². The first-order valence-electron chi connectivity index (χ1n) is 5.80. The minimum atomic E-state index is -0.277. The van der Waals surface area contributed by atoms with E-state index in [4.69, 9.17) is 5.73 Å². The number of rotatable bonds is 3. The summed E-state index contributed by atoms with van der Waals surface area (Å²) >= 11 is 0. The van der Waals surface area contributed by atoms with Crippen LogP contribution in [0.2, 0.25) is 0 Å². The average Bonchev–Trinajstić information content (AvgIpc) is 2.70. The van der Waals surface area contributed by atoms with E-state index in [-0.39, 0.29) is 17.4 Å². The lowest BCUT2D eigenvalue weighted by molar-refractivity contribution is 0.0778. The molecule has 0 aliphatic heterocycles. The molecule has 0 spiro atoms. The Hall–Kier alpha value is -2.50. The topological polar surface area (TPSA) is 84.4 Å². The highest BCUT2D eigenvalue weighted by atomic mass is 16.3. The van der Waals surface area contributed by atoms with Crippen molar-refractivity contribution in [2.75, 3.05) is 12.8 Å². The first-order valence-corrected chi connectivity index (χ1v) is 5.80. The number of aromatic hydroxyl groups is 1. The van der Waals surface area contributed by atoms with Gasteiger partial charge in [0.15, 0.2) is 5.69 Å². The third-order valence-corrected chi connectivity index (χ3v) is 2.81. The number of hydrogen-bond acceptors (Lipinski definition) is 4. The number of phenolic OH excluding ortho intramolecular Hbond substituents is 1. The second-order valence-electron chi connectivity index (χ2n) is 4.40. The molecule has 0 saturated heterocycles. The van der Waals surface area contributed by atoms with Crippen LogP contribution in [0.1, 0.15) is 16.1 Å². The number of nitrogens with two attached hydrogens (primary N) is 1. The summed E-state index contributed by atoms with van der Waals surface area (Å²) in [6.07, 6.45) is 1.58. The molecule has 0 unspecified atom stereocenters. The lowest BCUT2D eigenvalue weighted by Crippen LogP contribution is -2.27. The maximum atomic E-state index is 12.2. The maximum absolute atomic E-state index is 12.2. The highest BCUT2D eigenvalue weighted by Crippen LogP contribution is 2.19. The van der Waals surface area contributed by atoms with Gasteiger partial charge < -0.3 is 15.7 Å². The van der Waals surface area contributed by atoms with Crippen molar-refractivity contribution in [1.29, 1.82) is 0 Å². The zero-order valence-corrected chi connectivity index (χ0v) is 10.9. The van der Waals surface area contributed by atoms with Crippen LogP contribution in [0.3, 0.4) is 0 Å². The number of anilines is 1. The summed E-state index contributed by atoms with van der Waals surface area (Å²) in [5.74, 6) is -0.113. The van der Waals surface area contributed by atoms with Crippen molar-refractivity contribution in [3.63, 3.8) is 0 Å². The summed E-state index contributed by atoms with van der Waals surface area (Å²) in [5, 5.41) is 13.7. The van der Waals surface area contributed by atoms with Crippen LogP contribution in [0.15, 0.2) is 30.5 Å². The summed E-state index contributed by atoms with van der Waals surface area (Å²) < 4.78 is 1.50. The number of hydrogen-bond donors (Lipinski definition) is 2. The highest BCUT2D eigenvalue weighted by Gasteiger charge is 2.19. The third kappa shape index (κ3) is 2.67. The van der Waals surface area contributed by atoms with Gasteiger partial charge in [-0.1, -0.05) is 18.2 Å². The highest BCUT2D eigenvalue weighted by molar-refractivity contribution is 5.96. The number of nitrogen functional groups attached to an aromatic ring is 1. The number of carbonyl (C=O) groups is 1. The van der Waals surface area contributed by atoms with Crippen LogP contribution in [0, 0.1) is 0 Å². The van der Waals surface area contributed by atoms with Crippen LogP contribution >= 0.6 is 0 Å². The van der Waals surface area contributed by atoms with Gasteiger partial charge in [-0.3, -0.25) is 9.48 Å².